The van der Waals surface area contributed by atoms with E-state index in [9.17, 15) is 11.0 Å². The fraction of sp³-hybridized carbons (Fsp3) is 0. The number of hydrogen-bond acceptors (Lipinski definition) is 0. The highest BCUT2D eigenvalue weighted by Gasteiger charge is 2.20. The van der Waals surface area contributed by atoms with Crippen LogP contribution in [0.1, 0.15) is 35.6 Å². The third-order valence-electron chi connectivity index (χ3n) is 7.61. The minimum atomic E-state index is -0.992. The summed E-state index contributed by atoms with van der Waals surface area (Å²) in [5, 5.41) is -2.77. The van der Waals surface area contributed by atoms with Gasteiger partial charge in [0.1, 0.15) is 0 Å². The van der Waals surface area contributed by atoms with Crippen molar-refractivity contribution in [2.45, 2.75) is 0 Å². The van der Waals surface area contributed by atoms with Gasteiger partial charge in [-0.25, -0.2) is 0 Å². The number of fused-ring (bicyclic) bond motifs is 9. The maximum atomic E-state index is 9.96. The van der Waals surface area contributed by atoms with Crippen LogP contribution in [0.15, 0.2) is 163 Å². The summed E-state index contributed by atoms with van der Waals surface area (Å²) in [5.41, 5.74) is -5.43. The average molecular weight is 600 g/mol. The van der Waals surface area contributed by atoms with Gasteiger partial charge >= 0.3 is 0 Å². The predicted molar refractivity (Wildman–Crippen MR) is 189 cm³/mol. The van der Waals surface area contributed by atoms with Gasteiger partial charge in [0, 0.05) is 43.7 Å². The molecule has 3 aromatic heterocycles. The number of para-hydroxylation sites is 5. The molecule has 0 aliphatic rings. The molecule has 10 rings (SSSR count). The number of hydrogen-bond donors (Lipinski definition) is 0. The largest absolute Gasteiger partial charge is 0.309 e. The zero-order valence-corrected chi connectivity index (χ0v) is 22.4. The molecule has 3 nitrogen and oxygen atoms in total. The Balaban J connectivity index is 1.52. The fourth-order valence-corrected chi connectivity index (χ4v) is 5.86. The van der Waals surface area contributed by atoms with Crippen molar-refractivity contribution in [3.63, 3.8) is 0 Å². The minimum Gasteiger partial charge on any atom is -0.309 e. The quantitative estimate of drug-likeness (QED) is 0.192. The summed E-state index contributed by atoms with van der Waals surface area (Å²) in [7, 11) is 0. The Morgan fingerprint density at radius 1 is 0.333 bits per heavy atom. The van der Waals surface area contributed by atoms with Crippen molar-refractivity contribution in [1.82, 2.24) is 13.7 Å². The maximum absolute atomic E-state index is 9.96. The van der Waals surface area contributed by atoms with Crippen LogP contribution in [-0.4, -0.2) is 13.7 Å². The Labute approximate surface area is 295 Å². The number of rotatable bonds is 3. The number of benzene rings is 7. The normalized spacial score (nSPS) is 20.1. The summed E-state index contributed by atoms with van der Waals surface area (Å²) in [6, 6.07) is -21.0. The molecule has 3 heteroatoms. The fourth-order valence-electron chi connectivity index (χ4n) is 5.86. The van der Waals surface area contributed by atoms with E-state index in [4.69, 9.17) is 24.7 Å². The van der Waals surface area contributed by atoms with Crippen LogP contribution in [0.2, 0.25) is 0 Å². The van der Waals surface area contributed by atoms with Crippen LogP contribution < -0.4 is 0 Å². The van der Waals surface area contributed by atoms with Gasteiger partial charge in [-0.15, -0.1) is 0 Å². The van der Waals surface area contributed by atoms with E-state index < -0.39 is 234 Å². The molecule has 0 fully saturated rings. The van der Waals surface area contributed by atoms with Crippen molar-refractivity contribution in [2.75, 3.05) is 0 Å². The maximum Gasteiger partial charge on any atom is 0.0652 e. The molecule has 0 radical (unpaired) electrons. The van der Waals surface area contributed by atoms with Crippen LogP contribution in [0.3, 0.4) is 0 Å². The van der Waals surface area contributed by atoms with Crippen LogP contribution in [0, 0.1) is 0 Å². The lowest BCUT2D eigenvalue weighted by molar-refractivity contribution is 1.16. The Kier molecular flexibility index (Phi) is 2.10. The zero-order valence-electron chi connectivity index (χ0n) is 48.4. The van der Waals surface area contributed by atoms with E-state index in [0.717, 1.165) is 19.8 Å². The summed E-state index contributed by atoms with van der Waals surface area (Å²) < 4.78 is 236. The highest BCUT2D eigenvalue weighted by atomic mass is 15.0. The van der Waals surface area contributed by atoms with E-state index in [1.165, 1.54) is 0 Å². The third-order valence-corrected chi connectivity index (χ3v) is 7.61. The Morgan fingerprint density at radius 2 is 0.844 bits per heavy atom. The van der Waals surface area contributed by atoms with Gasteiger partial charge in [0.05, 0.1) is 74.4 Å². The zero-order chi connectivity index (χ0) is 52.1. The van der Waals surface area contributed by atoms with Crippen LogP contribution >= 0.6 is 0 Å². The molecule has 10 aromatic rings. The Hall–Kier alpha value is -6.06. The summed E-state index contributed by atoms with van der Waals surface area (Å²) in [4.78, 5) is 0. The Bertz CT molecular complexity index is 4130. The topological polar surface area (TPSA) is 14.8 Å². The lowest BCUT2D eigenvalue weighted by atomic mass is 10.1. The van der Waals surface area contributed by atoms with E-state index in [2.05, 4.69) is 0 Å². The Morgan fingerprint density at radius 3 is 1.56 bits per heavy atom. The lowest BCUT2D eigenvalue weighted by Crippen LogP contribution is -1.97. The van der Waals surface area contributed by atoms with E-state index in [1.807, 2.05) is 0 Å². The van der Waals surface area contributed by atoms with Gasteiger partial charge in [0.15, 0.2) is 0 Å². The third kappa shape index (κ3) is 3.35. The van der Waals surface area contributed by atoms with Gasteiger partial charge in [0.2, 0.25) is 0 Å². The van der Waals surface area contributed by atoms with Crippen LogP contribution in [0.4, 0.5) is 0 Å². The first kappa shape index (κ1) is 10.3. The molecular weight excluding hydrogens is 546 g/mol. The van der Waals surface area contributed by atoms with Crippen molar-refractivity contribution in [1.29, 1.82) is 0 Å². The van der Waals surface area contributed by atoms with Crippen molar-refractivity contribution < 1.29 is 35.6 Å². The van der Waals surface area contributed by atoms with E-state index in [1.54, 1.807) is 0 Å². The van der Waals surface area contributed by atoms with Crippen LogP contribution in [0.25, 0.3) is 82.5 Å². The summed E-state index contributed by atoms with van der Waals surface area (Å²) in [5.74, 6) is 0. The van der Waals surface area contributed by atoms with Gasteiger partial charge in [-0.05, 0) is 66.5 Å². The van der Waals surface area contributed by atoms with E-state index >= 15 is 0 Å². The van der Waals surface area contributed by atoms with Gasteiger partial charge < -0.3 is 13.7 Å². The second kappa shape index (κ2) is 9.22. The van der Waals surface area contributed by atoms with Crippen molar-refractivity contribution in [3.8, 4) is 17.1 Å². The van der Waals surface area contributed by atoms with Crippen LogP contribution in [-0.2, 0) is 0 Å². The predicted octanol–water partition coefficient (Wildman–Crippen LogP) is 11.0. The second-order valence-electron chi connectivity index (χ2n) is 9.85. The SMILES string of the molecule is [2H]c1cc2c3c(-n4c5c([2H])c([2H])c([2H])c([2H])c5c5c([2H])c(-n6c7c([2H])c([2H])c([2H])c([2H])c7c7c([2H])c([2H])c([2H])c([2H])c76)c([2H])c([2H])c54)c([2H])c([2H])c([2H])c3n(-c3c([2H])c([2H])c([2H])c([2H])c3[2H])c2c([2H])c1[2H]. The molecule has 0 saturated heterocycles. The highest BCUT2D eigenvalue weighted by molar-refractivity contribution is 6.17. The first-order chi connectivity index (χ1) is 33.2. The van der Waals surface area contributed by atoms with E-state index in [0.29, 0.717) is 0 Å². The summed E-state index contributed by atoms with van der Waals surface area (Å²) in [6.45, 7) is 0. The number of aromatic nitrogens is 3. The molecule has 45 heavy (non-hydrogen) atoms. The van der Waals surface area contributed by atoms with Gasteiger partial charge in [-0.2, -0.15) is 0 Å². The molecule has 0 aliphatic carbocycles. The van der Waals surface area contributed by atoms with E-state index in [-0.39, 0.29) is 5.39 Å². The van der Waals surface area contributed by atoms with Gasteiger partial charge in [-0.1, -0.05) is 96.7 Å². The van der Waals surface area contributed by atoms with Crippen LogP contribution in [0.5, 0.6) is 0 Å². The average Bonchev–Trinajstić information content (AvgIpc) is 3.99. The van der Waals surface area contributed by atoms with Gasteiger partial charge in [0.25, 0.3) is 0 Å². The minimum absolute atomic E-state index is 0.306. The highest BCUT2D eigenvalue weighted by Crippen LogP contribution is 2.41. The lowest BCUT2D eigenvalue weighted by Gasteiger charge is -2.12. The molecule has 0 saturated carbocycles. The number of nitrogens with zero attached hydrogens (tertiary/aromatic N) is 3. The molecule has 210 valence electrons. The first-order valence-electron chi connectivity index (χ1n) is 26.3. The molecule has 0 spiro atoms. The van der Waals surface area contributed by atoms with Gasteiger partial charge in [-0.3, -0.25) is 0 Å². The molecule has 0 N–H and O–H groups in total. The first-order valence-corrected chi connectivity index (χ1v) is 13.3. The van der Waals surface area contributed by atoms with Crippen molar-refractivity contribution >= 4 is 65.4 Å². The molecule has 0 bridgehead atoms. The molecule has 0 amide bonds. The molecule has 3 heterocycles. The van der Waals surface area contributed by atoms with Crippen molar-refractivity contribution in [3.05, 3.63) is 163 Å². The molecule has 0 unspecified atom stereocenters. The molecule has 0 aliphatic heterocycles. The van der Waals surface area contributed by atoms with Crippen molar-refractivity contribution in [2.24, 2.45) is 0 Å². The summed E-state index contributed by atoms with van der Waals surface area (Å²) >= 11 is 0. The standard InChI is InChI=1S/C42H27N3/c1-2-13-28(14-3-1)43-38-22-11-7-18-33(38)42-40(43)23-12-24-41(42)45-37-21-10-6-17-32(37)34-27-29(25-26-39(34)45)44-35-19-8-4-15-30(35)31-16-5-9-20-36(31)44/h1-27H/i1D,2D,3D,4D,5D,6D,7D,8D,9D,10D,11D,12D,13D,14D,15D,16D,17D,19D,20D,21D,22D,23D,24D,25D,26D,27D. The molecule has 7 aromatic carbocycles. The molecule has 0 atom stereocenters. The molecular formula is C42H27N3. The monoisotopic (exact) mass is 599 g/mol. The summed E-state index contributed by atoms with van der Waals surface area (Å²) in [6.07, 6.45) is 0. The second-order valence-corrected chi connectivity index (χ2v) is 9.85. The smallest absolute Gasteiger partial charge is 0.0652 e.